The summed E-state index contributed by atoms with van der Waals surface area (Å²) in [6.45, 7) is 12.2. The summed E-state index contributed by atoms with van der Waals surface area (Å²) >= 11 is 0. The lowest BCUT2D eigenvalue weighted by atomic mass is 9.88. The molecule has 0 radical (unpaired) electrons. The standard InChI is InChI=1S/C63H44F6N4.C55H36F6N4/c1-37-23-27-46(39(3)31-37)43-25-29-56-50(33-43)51-34-44(47-28-24-38(2)32-40(47)4)26-30-57(51)73(56)58-52(48-19-11-13-21-54(48)62(64,65)66)35-45(36-53(58)49-20-12-14-22-55(49)63(67,68)69)61-71-59(41-15-7-5-8-16-41)70-60(72-61)42-17-9-6-10-18-42;1-33-25-27-39(34(2)29-33)37-26-28-49-43(30-37)42-21-11-14-24-48(42)65(49)50-44(40-19-9-12-22-46(40)54(56,57)58)31-38(32-45(50)41-20-10-13-23-47(41)55(59,60)61)53-63-51(35-15-5-3-6-16-35)62-52(64-53)36-17-7-4-8-18-36/h5-36H,1-4H3;3-32H,1-2H3. The van der Waals surface area contributed by atoms with Gasteiger partial charge in [0, 0.05) is 77.2 Å². The van der Waals surface area contributed by atoms with E-state index >= 15 is 52.7 Å². The number of hydrogen-bond acceptors (Lipinski definition) is 6. The quantitative estimate of drug-likeness (QED) is 0.0951. The van der Waals surface area contributed by atoms with E-state index in [0.717, 1.165) is 113 Å². The number of fused-ring (bicyclic) bond motifs is 6. The summed E-state index contributed by atoms with van der Waals surface area (Å²) in [7, 11) is 0. The van der Waals surface area contributed by atoms with E-state index in [1.807, 2.05) is 252 Å². The molecule has 0 spiro atoms. The van der Waals surface area contributed by atoms with Gasteiger partial charge in [-0.3, -0.25) is 0 Å². The van der Waals surface area contributed by atoms with Crippen molar-refractivity contribution in [3.63, 3.8) is 0 Å². The zero-order valence-electron chi connectivity index (χ0n) is 74.9. The molecule has 0 saturated carbocycles. The maximum absolute atomic E-state index is 15.6. The van der Waals surface area contributed by atoms with Gasteiger partial charge in [0.05, 0.1) is 55.7 Å². The molecule has 0 aliphatic heterocycles. The van der Waals surface area contributed by atoms with E-state index in [1.165, 1.54) is 72.8 Å². The Labute approximate surface area is 786 Å². The Morgan fingerprint density at radius 1 is 0.174 bits per heavy atom. The van der Waals surface area contributed by atoms with Crippen LogP contribution >= 0.6 is 0 Å². The number of halogens is 12. The molecule has 20 heteroatoms. The molecule has 0 bridgehead atoms. The van der Waals surface area contributed by atoms with Gasteiger partial charge in [-0.2, -0.15) is 52.7 Å². The Balaban J connectivity index is 0.000000171. The topological polar surface area (TPSA) is 87.2 Å². The summed E-state index contributed by atoms with van der Waals surface area (Å²) in [4.78, 5) is 29.3. The van der Waals surface area contributed by atoms with E-state index in [1.54, 1.807) is 28.8 Å². The minimum absolute atomic E-state index is 0.0102. The molecule has 0 aliphatic carbocycles. The molecule has 0 N–H and O–H groups in total. The molecule has 4 heterocycles. The van der Waals surface area contributed by atoms with Gasteiger partial charge < -0.3 is 9.13 Å². The fraction of sp³-hybridized carbons (Fsp3) is 0.0847. The van der Waals surface area contributed by atoms with Crippen molar-refractivity contribution in [1.82, 2.24) is 39.0 Å². The molecule has 0 amide bonds. The predicted molar refractivity (Wildman–Crippen MR) is 527 cm³/mol. The summed E-state index contributed by atoms with van der Waals surface area (Å²) in [5.74, 6) is 1.19. The number of rotatable bonds is 15. The van der Waals surface area contributed by atoms with Crippen LogP contribution in [0.15, 0.2) is 376 Å². The number of hydrogen-bond donors (Lipinski definition) is 0. The highest BCUT2D eigenvalue weighted by Crippen LogP contribution is 2.54. The first-order valence-corrected chi connectivity index (χ1v) is 44.6. The van der Waals surface area contributed by atoms with Gasteiger partial charge in [0.25, 0.3) is 0 Å². The van der Waals surface area contributed by atoms with Gasteiger partial charge in [0.1, 0.15) is 0 Å². The SMILES string of the molecule is Cc1ccc(-c2ccc3c(c2)c2cc(-c4ccc(C)cc4C)ccc2n3-c2c(-c3ccccc3C(F)(F)F)cc(-c3nc(-c4ccccc4)nc(-c4ccccc4)n3)cc2-c2ccccc2C(F)(F)F)c(C)c1.Cc1ccc(-c2ccc3c(c2)c2ccccc2n3-c2c(-c3ccccc3C(F)(F)F)cc(-c3nc(-c4ccccc4)nc(-c4ccccc4)n3)cc2-c2ccccc2C(F)(F)F)c(C)c1. The third-order valence-corrected chi connectivity index (χ3v) is 25.2. The first-order chi connectivity index (χ1) is 66.4. The Kier molecular flexibility index (Phi) is 23.1. The Bertz CT molecular complexity index is 7950. The van der Waals surface area contributed by atoms with Crippen LogP contribution in [0.4, 0.5) is 52.7 Å². The Morgan fingerprint density at radius 2 is 0.399 bits per heavy atom. The summed E-state index contributed by atoms with van der Waals surface area (Å²) < 4.78 is 189. The zero-order valence-corrected chi connectivity index (χ0v) is 74.9. The molecule has 17 aromatic carbocycles. The van der Waals surface area contributed by atoms with E-state index in [2.05, 4.69) is 48.5 Å². The summed E-state index contributed by atoms with van der Waals surface area (Å²) in [5.41, 5.74) is 12.9. The number of benzene rings is 17. The average molecular weight is 1840 g/mol. The highest BCUT2D eigenvalue weighted by molar-refractivity contribution is 6.15. The molecule has 21 rings (SSSR count). The van der Waals surface area contributed by atoms with Crippen LogP contribution in [0, 0.1) is 41.5 Å². The minimum Gasteiger partial charge on any atom is -0.308 e. The number of para-hydroxylation sites is 1. The lowest BCUT2D eigenvalue weighted by molar-refractivity contribution is -0.137. The van der Waals surface area contributed by atoms with Crippen LogP contribution in [0.3, 0.4) is 0 Å². The molecule has 4 aromatic heterocycles. The van der Waals surface area contributed by atoms with Crippen LogP contribution in [-0.2, 0) is 24.7 Å². The van der Waals surface area contributed by atoms with Crippen LogP contribution < -0.4 is 0 Å². The molecule has 0 fully saturated rings. The minimum atomic E-state index is -4.87. The molecule has 8 nitrogen and oxygen atoms in total. The van der Waals surface area contributed by atoms with Crippen LogP contribution in [0.2, 0.25) is 0 Å². The normalized spacial score (nSPS) is 12.0. The third-order valence-electron chi connectivity index (χ3n) is 25.2. The molecular formula is C118H80F12N8. The van der Waals surface area contributed by atoms with Crippen molar-refractivity contribution in [3.8, 4) is 158 Å². The van der Waals surface area contributed by atoms with Crippen molar-refractivity contribution in [2.45, 2.75) is 66.2 Å². The second-order valence-electron chi connectivity index (χ2n) is 34.4. The Hall–Kier alpha value is -16.5. The van der Waals surface area contributed by atoms with Gasteiger partial charge in [0.15, 0.2) is 34.9 Å². The van der Waals surface area contributed by atoms with E-state index in [0.29, 0.717) is 44.3 Å². The fourth-order valence-corrected chi connectivity index (χ4v) is 19.0. The lowest BCUT2D eigenvalue weighted by Crippen LogP contribution is -2.11. The molecule has 0 atom stereocenters. The van der Waals surface area contributed by atoms with Gasteiger partial charge in [-0.05, 0) is 205 Å². The van der Waals surface area contributed by atoms with Gasteiger partial charge in [-0.25, -0.2) is 29.9 Å². The average Bonchev–Trinajstić information content (AvgIpc) is 1.54. The van der Waals surface area contributed by atoms with E-state index in [-0.39, 0.29) is 102 Å². The van der Waals surface area contributed by atoms with Gasteiger partial charge >= 0.3 is 24.7 Å². The fourth-order valence-electron chi connectivity index (χ4n) is 19.0. The number of nitrogens with zero attached hydrogens (tertiary/aromatic N) is 8. The van der Waals surface area contributed by atoms with Crippen molar-refractivity contribution in [1.29, 1.82) is 0 Å². The second-order valence-corrected chi connectivity index (χ2v) is 34.4. The zero-order chi connectivity index (χ0) is 95.8. The lowest BCUT2D eigenvalue weighted by Gasteiger charge is -2.24. The number of aryl methyl sites for hydroxylation is 6. The third kappa shape index (κ3) is 17.2. The smallest absolute Gasteiger partial charge is 0.308 e. The monoisotopic (exact) mass is 1840 g/mol. The summed E-state index contributed by atoms with van der Waals surface area (Å²) in [5, 5.41) is 3.04. The number of alkyl halides is 12. The van der Waals surface area contributed by atoms with E-state index < -0.39 is 47.0 Å². The highest BCUT2D eigenvalue weighted by Gasteiger charge is 2.41. The molecule has 138 heavy (non-hydrogen) atoms. The van der Waals surface area contributed by atoms with Crippen LogP contribution in [-0.4, -0.2) is 39.0 Å². The number of aromatic nitrogens is 8. The maximum atomic E-state index is 15.6. The summed E-state index contributed by atoms with van der Waals surface area (Å²) in [6, 6.07) is 107. The second kappa shape index (κ2) is 35.7. The van der Waals surface area contributed by atoms with Crippen LogP contribution in [0.1, 0.15) is 55.6 Å². The molecule has 0 aliphatic rings. The summed E-state index contributed by atoms with van der Waals surface area (Å²) in [6.07, 6.45) is -19.4. The first kappa shape index (κ1) is 89.4. The molecule has 0 unspecified atom stereocenters. The van der Waals surface area contributed by atoms with Crippen molar-refractivity contribution in [2.75, 3.05) is 0 Å². The highest BCUT2D eigenvalue weighted by atomic mass is 19.4. The van der Waals surface area contributed by atoms with Crippen molar-refractivity contribution < 1.29 is 52.7 Å². The largest absolute Gasteiger partial charge is 0.417 e. The first-order valence-electron chi connectivity index (χ1n) is 44.6. The molecule has 21 aromatic rings. The molecule has 676 valence electrons. The van der Waals surface area contributed by atoms with E-state index in [4.69, 9.17) is 29.9 Å². The van der Waals surface area contributed by atoms with Gasteiger partial charge in [0.2, 0.25) is 0 Å². The van der Waals surface area contributed by atoms with Crippen molar-refractivity contribution in [2.24, 2.45) is 0 Å². The van der Waals surface area contributed by atoms with Crippen molar-refractivity contribution >= 4 is 43.6 Å². The Morgan fingerprint density at radius 3 is 0.659 bits per heavy atom. The van der Waals surface area contributed by atoms with Crippen LogP contribution in [0.5, 0.6) is 0 Å². The van der Waals surface area contributed by atoms with E-state index in [9.17, 15) is 0 Å². The maximum Gasteiger partial charge on any atom is 0.417 e. The van der Waals surface area contributed by atoms with Crippen LogP contribution in [0.25, 0.3) is 201 Å². The predicted octanol–water partition coefficient (Wildman–Crippen LogP) is 33.5. The van der Waals surface area contributed by atoms with Gasteiger partial charge in [-0.15, -0.1) is 0 Å². The van der Waals surface area contributed by atoms with Crippen molar-refractivity contribution in [3.05, 3.63) is 432 Å². The van der Waals surface area contributed by atoms with Gasteiger partial charge in [-0.1, -0.05) is 302 Å². The molecule has 0 saturated heterocycles. The molecular weight excluding hydrogens is 1760 g/mol.